The first-order valence-corrected chi connectivity index (χ1v) is 11.0. The van der Waals surface area contributed by atoms with Crippen LogP contribution in [-0.2, 0) is 4.79 Å². The number of nitrogens with zero attached hydrogens (tertiary/aromatic N) is 4. The molecule has 1 fully saturated rings. The molecule has 2 atom stereocenters. The molecule has 1 saturated heterocycles. The number of aromatic nitrogens is 3. The molecule has 0 aliphatic carbocycles. The maximum absolute atomic E-state index is 13.9. The van der Waals surface area contributed by atoms with E-state index in [9.17, 15) is 9.18 Å². The average Bonchev–Trinajstić information content (AvgIpc) is 3.14. The molecule has 0 unspecified atom stereocenters. The maximum atomic E-state index is 13.9. The molecule has 4 rings (SSSR count). The third kappa shape index (κ3) is 4.92. The quantitative estimate of drug-likeness (QED) is 0.564. The number of carbonyl (C=O) groups excluding carboxylic acids is 1. The highest BCUT2D eigenvalue weighted by atomic mass is 79.9. The van der Waals surface area contributed by atoms with Crippen LogP contribution in [0.3, 0.4) is 0 Å². The Balaban J connectivity index is 1.64. The molecule has 7 nitrogen and oxygen atoms in total. The summed E-state index contributed by atoms with van der Waals surface area (Å²) in [5.41, 5.74) is 1.55. The first-order chi connectivity index (χ1) is 14.8. The summed E-state index contributed by atoms with van der Waals surface area (Å²) < 4.78 is 14.5. The van der Waals surface area contributed by atoms with Crippen LogP contribution in [-0.4, -0.2) is 40.0 Å². The standard InChI is InChI=1S/C22H24BrFN6O/c1-12(15-6-16(23)8-17(24)7-15)26-22-19-9-21(25-10-20(19)27-13(2)28-22)30-5-4-18(11-30)29-14(3)31/h6-10,12,18H,4-5,11H2,1-3H3,(H,29,31)(H,26,27,28)/t12-,18-/m1/s1. The average molecular weight is 487 g/mol. The number of hydrogen-bond donors (Lipinski definition) is 2. The van der Waals surface area contributed by atoms with E-state index >= 15 is 0 Å². The summed E-state index contributed by atoms with van der Waals surface area (Å²) in [4.78, 5) is 27.2. The third-order valence-electron chi connectivity index (χ3n) is 5.34. The smallest absolute Gasteiger partial charge is 0.217 e. The van der Waals surface area contributed by atoms with Gasteiger partial charge in [0.05, 0.1) is 17.8 Å². The van der Waals surface area contributed by atoms with Gasteiger partial charge in [0.25, 0.3) is 0 Å². The molecule has 162 valence electrons. The van der Waals surface area contributed by atoms with Crippen LogP contribution in [0.4, 0.5) is 16.0 Å². The minimum Gasteiger partial charge on any atom is -0.363 e. The largest absolute Gasteiger partial charge is 0.363 e. The zero-order chi connectivity index (χ0) is 22.1. The van der Waals surface area contributed by atoms with Crippen molar-refractivity contribution < 1.29 is 9.18 Å². The SMILES string of the molecule is CC(=O)N[C@@H]1CCN(c2cc3c(N[C@H](C)c4cc(F)cc(Br)c4)nc(C)nc3cn2)C1. The Bertz CT molecular complexity index is 1120. The summed E-state index contributed by atoms with van der Waals surface area (Å²) in [6, 6.07) is 6.75. The molecule has 0 saturated carbocycles. The highest BCUT2D eigenvalue weighted by molar-refractivity contribution is 9.10. The van der Waals surface area contributed by atoms with Crippen LogP contribution in [0, 0.1) is 12.7 Å². The predicted octanol–water partition coefficient (Wildman–Crippen LogP) is 4.12. The monoisotopic (exact) mass is 486 g/mol. The molecule has 1 aliphatic rings. The van der Waals surface area contributed by atoms with Crippen molar-refractivity contribution in [1.82, 2.24) is 20.3 Å². The molecule has 31 heavy (non-hydrogen) atoms. The van der Waals surface area contributed by atoms with Gasteiger partial charge in [0.15, 0.2) is 0 Å². The van der Waals surface area contributed by atoms with Gasteiger partial charge < -0.3 is 15.5 Å². The number of pyridine rings is 1. The van der Waals surface area contributed by atoms with Crippen LogP contribution in [0.5, 0.6) is 0 Å². The van der Waals surface area contributed by atoms with Gasteiger partial charge in [0.2, 0.25) is 5.91 Å². The van der Waals surface area contributed by atoms with E-state index in [2.05, 4.69) is 46.4 Å². The second-order valence-electron chi connectivity index (χ2n) is 7.88. The van der Waals surface area contributed by atoms with E-state index in [1.165, 1.54) is 19.1 Å². The topological polar surface area (TPSA) is 83.0 Å². The summed E-state index contributed by atoms with van der Waals surface area (Å²) in [7, 11) is 0. The van der Waals surface area contributed by atoms with Crippen LogP contribution in [0.15, 0.2) is 34.9 Å². The number of nitrogens with one attached hydrogen (secondary N) is 2. The lowest BCUT2D eigenvalue weighted by Crippen LogP contribution is -2.35. The second-order valence-corrected chi connectivity index (χ2v) is 8.80. The first kappa shape index (κ1) is 21.4. The fraction of sp³-hybridized carbons (Fsp3) is 0.364. The summed E-state index contributed by atoms with van der Waals surface area (Å²) in [5.74, 6) is 1.81. The van der Waals surface area contributed by atoms with Crippen molar-refractivity contribution in [1.29, 1.82) is 0 Å². The number of amides is 1. The maximum Gasteiger partial charge on any atom is 0.217 e. The Morgan fingerprint density at radius 2 is 2.10 bits per heavy atom. The van der Waals surface area contributed by atoms with Gasteiger partial charge in [-0.1, -0.05) is 15.9 Å². The molecule has 9 heteroatoms. The van der Waals surface area contributed by atoms with Gasteiger partial charge in [-0.15, -0.1) is 0 Å². The Morgan fingerprint density at radius 3 is 2.84 bits per heavy atom. The van der Waals surface area contributed by atoms with Gasteiger partial charge in [-0.2, -0.15) is 0 Å². The molecule has 1 aliphatic heterocycles. The molecule has 0 radical (unpaired) electrons. The molecule has 1 amide bonds. The van der Waals surface area contributed by atoms with Crippen molar-refractivity contribution in [2.75, 3.05) is 23.3 Å². The van der Waals surface area contributed by atoms with Gasteiger partial charge in [-0.05, 0) is 50.1 Å². The summed E-state index contributed by atoms with van der Waals surface area (Å²) in [5, 5.41) is 7.23. The van der Waals surface area contributed by atoms with Crippen molar-refractivity contribution in [3.8, 4) is 0 Å². The molecule has 0 bridgehead atoms. The van der Waals surface area contributed by atoms with E-state index in [-0.39, 0.29) is 23.8 Å². The molecule has 2 N–H and O–H groups in total. The number of benzene rings is 1. The van der Waals surface area contributed by atoms with Crippen molar-refractivity contribution in [3.63, 3.8) is 0 Å². The van der Waals surface area contributed by atoms with Crippen molar-refractivity contribution in [2.24, 2.45) is 0 Å². The first-order valence-electron chi connectivity index (χ1n) is 10.2. The summed E-state index contributed by atoms with van der Waals surface area (Å²) in [6.07, 6.45) is 2.62. The second kappa shape index (κ2) is 8.74. The predicted molar refractivity (Wildman–Crippen MR) is 123 cm³/mol. The van der Waals surface area contributed by atoms with Gasteiger partial charge in [-0.3, -0.25) is 4.79 Å². The van der Waals surface area contributed by atoms with Crippen LogP contribution < -0.4 is 15.5 Å². The van der Waals surface area contributed by atoms with Crippen LogP contribution in [0.1, 0.15) is 37.7 Å². The molecule has 0 spiro atoms. The number of carbonyl (C=O) groups is 1. The van der Waals surface area contributed by atoms with Gasteiger partial charge in [0.1, 0.15) is 23.3 Å². The lowest BCUT2D eigenvalue weighted by molar-refractivity contribution is -0.119. The number of halogens is 2. The molecule has 1 aromatic carbocycles. The van der Waals surface area contributed by atoms with Crippen LogP contribution in [0.2, 0.25) is 0 Å². The van der Waals surface area contributed by atoms with E-state index in [1.54, 1.807) is 6.20 Å². The fourth-order valence-electron chi connectivity index (χ4n) is 3.91. The number of anilines is 2. The Kier molecular flexibility index (Phi) is 6.04. The molecule has 3 aromatic rings. The number of fused-ring (bicyclic) bond motifs is 1. The lowest BCUT2D eigenvalue weighted by Gasteiger charge is -2.20. The summed E-state index contributed by atoms with van der Waals surface area (Å²) >= 11 is 3.35. The lowest BCUT2D eigenvalue weighted by atomic mass is 10.1. The van der Waals surface area contributed by atoms with E-state index < -0.39 is 0 Å². The van der Waals surface area contributed by atoms with Gasteiger partial charge in [0, 0.05) is 35.9 Å². The number of rotatable bonds is 5. The van der Waals surface area contributed by atoms with Crippen molar-refractivity contribution in [2.45, 2.75) is 39.3 Å². The van der Waals surface area contributed by atoms with Crippen molar-refractivity contribution >= 4 is 44.4 Å². The Morgan fingerprint density at radius 1 is 1.29 bits per heavy atom. The molecule has 3 heterocycles. The minimum atomic E-state index is -0.295. The van der Waals surface area contributed by atoms with E-state index in [0.717, 1.165) is 35.2 Å². The Hall–Kier alpha value is -2.81. The van der Waals surface area contributed by atoms with Crippen molar-refractivity contribution in [3.05, 3.63) is 52.1 Å². The normalized spacial score (nSPS) is 17.1. The van der Waals surface area contributed by atoms with E-state index in [0.29, 0.717) is 22.7 Å². The van der Waals surface area contributed by atoms with E-state index in [1.807, 2.05) is 26.0 Å². The minimum absolute atomic E-state index is 0.0216. The third-order valence-corrected chi connectivity index (χ3v) is 5.80. The zero-order valence-corrected chi connectivity index (χ0v) is 19.2. The Labute approximate surface area is 188 Å². The molecular weight excluding hydrogens is 463 g/mol. The van der Waals surface area contributed by atoms with Crippen LogP contribution >= 0.6 is 15.9 Å². The molecular formula is C22H24BrFN6O. The highest BCUT2D eigenvalue weighted by Gasteiger charge is 2.24. The summed E-state index contributed by atoms with van der Waals surface area (Å²) in [6.45, 7) is 6.85. The van der Waals surface area contributed by atoms with Crippen LogP contribution in [0.25, 0.3) is 10.9 Å². The fourth-order valence-corrected chi connectivity index (χ4v) is 4.39. The zero-order valence-electron chi connectivity index (χ0n) is 17.6. The van der Waals surface area contributed by atoms with E-state index in [4.69, 9.17) is 0 Å². The number of hydrogen-bond acceptors (Lipinski definition) is 6. The molecule has 2 aromatic heterocycles. The van der Waals surface area contributed by atoms with Gasteiger partial charge in [-0.25, -0.2) is 19.3 Å². The highest BCUT2D eigenvalue weighted by Crippen LogP contribution is 2.29. The number of aryl methyl sites for hydroxylation is 1. The van der Waals surface area contributed by atoms with Gasteiger partial charge >= 0.3 is 0 Å².